The molecular formula is C10H10O9S. The van der Waals surface area contributed by atoms with E-state index in [0.29, 0.717) is 6.07 Å². The molecule has 0 saturated carbocycles. The molecule has 1 rings (SSSR count). The summed E-state index contributed by atoms with van der Waals surface area (Å²) in [5, 5.41) is 26.0. The second-order valence-electron chi connectivity index (χ2n) is 3.57. The first-order valence-electron chi connectivity index (χ1n) is 5.01. The number of aliphatic hydroxyl groups is 2. The molecule has 0 aromatic heterocycles. The van der Waals surface area contributed by atoms with E-state index < -0.39 is 51.0 Å². The third-order valence-electron chi connectivity index (χ3n) is 2.10. The summed E-state index contributed by atoms with van der Waals surface area (Å²) in [6.45, 7) is -0.780. The number of aromatic carboxylic acids is 1. The Hall–Kier alpha value is -2.01. The molecule has 0 aliphatic rings. The van der Waals surface area contributed by atoms with E-state index in [1.165, 1.54) is 0 Å². The van der Waals surface area contributed by atoms with Crippen LogP contribution < -0.4 is 0 Å². The predicted molar refractivity (Wildman–Crippen MR) is 61.7 cm³/mol. The smallest absolute Gasteiger partial charge is 0.339 e. The first kappa shape index (κ1) is 16.0. The summed E-state index contributed by atoms with van der Waals surface area (Å²) < 4.78 is 35.0. The van der Waals surface area contributed by atoms with Gasteiger partial charge in [0.2, 0.25) is 0 Å². The maximum atomic E-state index is 11.5. The average molecular weight is 306 g/mol. The SMILES string of the molecule is O=C(O)c1cc(S(=O)(=O)O)ccc1C(=O)OCC(O)O. The number of hydrogen-bond acceptors (Lipinski definition) is 7. The van der Waals surface area contributed by atoms with Crippen LogP contribution >= 0.6 is 0 Å². The van der Waals surface area contributed by atoms with E-state index in [0.717, 1.165) is 12.1 Å². The molecule has 20 heavy (non-hydrogen) atoms. The number of carboxylic acids is 1. The summed E-state index contributed by atoms with van der Waals surface area (Å²) in [6, 6.07) is 2.23. The molecule has 1 aromatic carbocycles. The Morgan fingerprint density at radius 1 is 1.20 bits per heavy atom. The lowest BCUT2D eigenvalue weighted by atomic mass is 10.1. The molecule has 0 fully saturated rings. The van der Waals surface area contributed by atoms with Crippen LogP contribution in [0.5, 0.6) is 0 Å². The largest absolute Gasteiger partial charge is 0.478 e. The summed E-state index contributed by atoms with van der Waals surface area (Å²) in [5.74, 6) is -2.80. The minimum atomic E-state index is -4.62. The van der Waals surface area contributed by atoms with E-state index in [1.54, 1.807) is 0 Å². The maximum absolute atomic E-state index is 11.5. The zero-order valence-electron chi connectivity index (χ0n) is 9.75. The number of carbonyl (C=O) groups is 2. The Kier molecular flexibility index (Phi) is 4.78. The molecule has 0 bridgehead atoms. The first-order valence-corrected chi connectivity index (χ1v) is 6.45. The van der Waals surface area contributed by atoms with Gasteiger partial charge in [0.25, 0.3) is 10.1 Å². The van der Waals surface area contributed by atoms with Crippen LogP contribution in [0.25, 0.3) is 0 Å². The lowest BCUT2D eigenvalue weighted by Gasteiger charge is -2.09. The number of hydrogen-bond donors (Lipinski definition) is 4. The lowest BCUT2D eigenvalue weighted by Crippen LogP contribution is -2.19. The van der Waals surface area contributed by atoms with Crippen molar-refractivity contribution in [2.45, 2.75) is 11.2 Å². The van der Waals surface area contributed by atoms with Gasteiger partial charge in [-0.15, -0.1) is 0 Å². The van der Waals surface area contributed by atoms with Crippen molar-refractivity contribution in [2.24, 2.45) is 0 Å². The van der Waals surface area contributed by atoms with Gasteiger partial charge in [-0.1, -0.05) is 0 Å². The van der Waals surface area contributed by atoms with E-state index in [2.05, 4.69) is 4.74 Å². The second kappa shape index (κ2) is 5.96. The fraction of sp³-hybridized carbons (Fsp3) is 0.200. The van der Waals surface area contributed by atoms with Crippen molar-refractivity contribution in [3.8, 4) is 0 Å². The number of rotatable bonds is 5. The Labute approximate surface area is 112 Å². The van der Waals surface area contributed by atoms with Gasteiger partial charge in [-0.25, -0.2) is 9.59 Å². The number of esters is 1. The van der Waals surface area contributed by atoms with Crippen molar-refractivity contribution in [1.29, 1.82) is 0 Å². The van der Waals surface area contributed by atoms with Gasteiger partial charge >= 0.3 is 11.9 Å². The van der Waals surface area contributed by atoms with Crippen molar-refractivity contribution < 1.29 is 42.6 Å². The van der Waals surface area contributed by atoms with E-state index in [4.69, 9.17) is 19.9 Å². The zero-order valence-corrected chi connectivity index (χ0v) is 10.6. The number of ether oxygens (including phenoxy) is 1. The summed E-state index contributed by atoms with van der Waals surface area (Å²) in [6.07, 6.45) is -1.93. The van der Waals surface area contributed by atoms with Crippen LogP contribution in [0.3, 0.4) is 0 Å². The van der Waals surface area contributed by atoms with Crippen molar-refractivity contribution in [1.82, 2.24) is 0 Å². The van der Waals surface area contributed by atoms with Gasteiger partial charge in [0.1, 0.15) is 6.61 Å². The van der Waals surface area contributed by atoms with Crippen molar-refractivity contribution in [3.05, 3.63) is 29.3 Å². The molecule has 0 unspecified atom stereocenters. The van der Waals surface area contributed by atoms with Crippen molar-refractivity contribution in [3.63, 3.8) is 0 Å². The van der Waals surface area contributed by atoms with Gasteiger partial charge < -0.3 is 20.1 Å². The summed E-state index contributed by atoms with van der Waals surface area (Å²) >= 11 is 0. The molecule has 1 aromatic rings. The Bertz CT molecular complexity index is 632. The fourth-order valence-electron chi connectivity index (χ4n) is 1.27. The van der Waals surface area contributed by atoms with Crippen LogP contribution in [0.1, 0.15) is 20.7 Å². The number of benzene rings is 1. The van der Waals surface area contributed by atoms with Crippen LogP contribution in [-0.2, 0) is 14.9 Å². The van der Waals surface area contributed by atoms with E-state index in [-0.39, 0.29) is 0 Å². The van der Waals surface area contributed by atoms with Gasteiger partial charge in [-0.3, -0.25) is 4.55 Å². The molecular weight excluding hydrogens is 296 g/mol. The third-order valence-corrected chi connectivity index (χ3v) is 2.95. The highest BCUT2D eigenvalue weighted by molar-refractivity contribution is 7.85. The number of carbonyl (C=O) groups excluding carboxylic acids is 1. The van der Waals surface area contributed by atoms with Gasteiger partial charge in [-0.2, -0.15) is 8.42 Å². The van der Waals surface area contributed by atoms with Crippen molar-refractivity contribution in [2.75, 3.05) is 6.61 Å². The molecule has 0 aliphatic heterocycles. The van der Waals surface area contributed by atoms with E-state index >= 15 is 0 Å². The summed E-state index contributed by atoms with van der Waals surface area (Å²) in [7, 11) is -4.62. The highest BCUT2D eigenvalue weighted by atomic mass is 32.2. The van der Waals surface area contributed by atoms with Gasteiger partial charge in [0.15, 0.2) is 6.29 Å². The molecule has 9 nitrogen and oxygen atoms in total. The number of aliphatic hydroxyl groups excluding tert-OH is 1. The molecule has 0 saturated heterocycles. The van der Waals surface area contributed by atoms with Crippen LogP contribution in [0.15, 0.2) is 23.1 Å². The lowest BCUT2D eigenvalue weighted by molar-refractivity contribution is -0.0812. The molecule has 110 valence electrons. The molecule has 10 heteroatoms. The van der Waals surface area contributed by atoms with E-state index in [9.17, 15) is 18.0 Å². The topological polar surface area (TPSA) is 158 Å². The molecule has 0 heterocycles. The van der Waals surface area contributed by atoms with E-state index in [1.807, 2.05) is 0 Å². The highest BCUT2D eigenvalue weighted by Gasteiger charge is 2.22. The monoisotopic (exact) mass is 306 g/mol. The molecule has 0 aliphatic carbocycles. The quantitative estimate of drug-likeness (QED) is 0.307. The molecule has 0 radical (unpaired) electrons. The Balaban J connectivity index is 3.21. The number of carboxylic acid groups (broad SMARTS) is 1. The van der Waals surface area contributed by atoms with Crippen LogP contribution in [-0.4, -0.2) is 53.1 Å². The Morgan fingerprint density at radius 2 is 1.80 bits per heavy atom. The van der Waals surface area contributed by atoms with Crippen LogP contribution in [0, 0.1) is 0 Å². The fourth-order valence-corrected chi connectivity index (χ4v) is 1.77. The molecule has 0 atom stereocenters. The summed E-state index contributed by atoms with van der Waals surface area (Å²) in [5.41, 5.74) is -1.21. The van der Waals surface area contributed by atoms with Crippen LogP contribution in [0.2, 0.25) is 0 Å². The predicted octanol–water partition coefficient (Wildman–Crippen LogP) is -0.901. The van der Waals surface area contributed by atoms with Crippen molar-refractivity contribution >= 4 is 22.1 Å². The zero-order chi connectivity index (χ0) is 15.5. The van der Waals surface area contributed by atoms with Gasteiger partial charge in [-0.05, 0) is 18.2 Å². The molecule has 0 spiro atoms. The normalized spacial score (nSPS) is 11.4. The maximum Gasteiger partial charge on any atom is 0.339 e. The minimum absolute atomic E-state index is 0.495. The average Bonchev–Trinajstić information content (AvgIpc) is 2.33. The molecule has 0 amide bonds. The van der Waals surface area contributed by atoms with Gasteiger partial charge in [0.05, 0.1) is 16.0 Å². The second-order valence-corrected chi connectivity index (χ2v) is 4.99. The summed E-state index contributed by atoms with van der Waals surface area (Å²) in [4.78, 5) is 21.8. The Morgan fingerprint density at radius 3 is 2.25 bits per heavy atom. The first-order chi connectivity index (χ1) is 9.12. The third kappa shape index (κ3) is 3.99. The van der Waals surface area contributed by atoms with Gasteiger partial charge in [0, 0.05) is 0 Å². The standard InChI is InChI=1S/C10H10O9S/c11-8(12)4-19-10(15)6-2-1-5(20(16,17)18)3-7(6)9(13)14/h1-3,8,11-12H,4H2,(H,13,14)(H,16,17,18). The van der Waals surface area contributed by atoms with Crippen LogP contribution in [0.4, 0.5) is 0 Å². The highest BCUT2D eigenvalue weighted by Crippen LogP contribution is 2.17. The molecule has 4 N–H and O–H groups in total. The minimum Gasteiger partial charge on any atom is -0.478 e.